The lowest BCUT2D eigenvalue weighted by Gasteiger charge is -2.17. The molecule has 6 heteroatoms. The van der Waals surface area contributed by atoms with E-state index in [0.717, 1.165) is 32.4 Å². The van der Waals surface area contributed by atoms with Gasteiger partial charge >= 0.3 is 5.97 Å². The van der Waals surface area contributed by atoms with E-state index < -0.39 is 0 Å². The smallest absolute Gasteiger partial charge is 0.338 e. The molecule has 0 saturated heterocycles. The van der Waals surface area contributed by atoms with Crippen LogP contribution in [-0.2, 0) is 9.53 Å². The minimum absolute atomic E-state index is 0. The van der Waals surface area contributed by atoms with E-state index in [1.807, 2.05) is 18.7 Å². The van der Waals surface area contributed by atoms with Crippen LogP contribution in [0.15, 0.2) is 24.3 Å². The van der Waals surface area contributed by atoms with Crippen molar-refractivity contribution < 1.29 is 14.3 Å². The van der Waals surface area contributed by atoms with Gasteiger partial charge in [0, 0.05) is 5.69 Å². The molecule has 0 aliphatic carbocycles. The summed E-state index contributed by atoms with van der Waals surface area (Å²) in [6.45, 7) is 8.71. The third-order valence-corrected chi connectivity index (χ3v) is 3.90. The molecule has 142 valence electrons. The molecular weight excluding hydrogens is 340 g/mol. The van der Waals surface area contributed by atoms with Crippen molar-refractivity contribution in [1.29, 1.82) is 0 Å². The molecule has 0 aliphatic heterocycles. The fourth-order valence-corrected chi connectivity index (χ4v) is 2.32. The standard InChI is InChI=1S/C19H30N2O3.ClH/c1-4-7-8-9-14-24-19(23)16-10-12-17(13-11-16)20-18(22)15-21(5-2)6-3;/h10-13H,4-9,14-15H2,1-3H3,(H,20,22);1H. The highest BCUT2D eigenvalue weighted by molar-refractivity contribution is 5.94. The number of hydrogen-bond donors (Lipinski definition) is 1. The van der Waals surface area contributed by atoms with Crippen LogP contribution in [0.5, 0.6) is 0 Å². The highest BCUT2D eigenvalue weighted by Gasteiger charge is 2.09. The van der Waals surface area contributed by atoms with E-state index in [0.29, 0.717) is 24.4 Å². The van der Waals surface area contributed by atoms with Gasteiger partial charge in [0.2, 0.25) is 5.91 Å². The molecule has 0 aliphatic rings. The Hall–Kier alpha value is -1.59. The maximum absolute atomic E-state index is 11.9. The maximum Gasteiger partial charge on any atom is 0.338 e. The first-order valence-corrected chi connectivity index (χ1v) is 8.90. The number of nitrogens with zero attached hydrogens (tertiary/aromatic N) is 1. The van der Waals surface area contributed by atoms with Crippen LogP contribution in [0.25, 0.3) is 0 Å². The number of likely N-dealkylation sites (N-methyl/N-ethyl adjacent to an activating group) is 1. The molecule has 0 aromatic heterocycles. The van der Waals surface area contributed by atoms with E-state index in [1.54, 1.807) is 24.3 Å². The number of rotatable bonds is 11. The molecule has 25 heavy (non-hydrogen) atoms. The molecule has 0 fully saturated rings. The predicted molar refractivity (Wildman–Crippen MR) is 105 cm³/mol. The van der Waals surface area contributed by atoms with Crippen molar-refractivity contribution in [3.05, 3.63) is 29.8 Å². The van der Waals surface area contributed by atoms with E-state index in [1.165, 1.54) is 6.42 Å². The lowest BCUT2D eigenvalue weighted by molar-refractivity contribution is -0.117. The van der Waals surface area contributed by atoms with Crippen LogP contribution in [0, 0.1) is 0 Å². The summed E-state index contributed by atoms with van der Waals surface area (Å²) in [5.41, 5.74) is 1.19. The predicted octanol–water partition coefficient (Wildman–Crippen LogP) is 4.13. The van der Waals surface area contributed by atoms with Gasteiger partial charge < -0.3 is 10.1 Å². The molecule has 1 aromatic carbocycles. The highest BCUT2D eigenvalue weighted by Crippen LogP contribution is 2.11. The van der Waals surface area contributed by atoms with Gasteiger partial charge in [-0.05, 0) is 43.8 Å². The van der Waals surface area contributed by atoms with Crippen molar-refractivity contribution in [2.45, 2.75) is 46.5 Å². The highest BCUT2D eigenvalue weighted by atomic mass is 35.5. The van der Waals surface area contributed by atoms with Crippen LogP contribution in [0.2, 0.25) is 0 Å². The van der Waals surface area contributed by atoms with Crippen molar-refractivity contribution in [2.24, 2.45) is 0 Å². The number of nitrogens with one attached hydrogen (secondary N) is 1. The molecule has 0 heterocycles. The van der Waals surface area contributed by atoms with Gasteiger partial charge in [0.15, 0.2) is 0 Å². The van der Waals surface area contributed by atoms with Crippen molar-refractivity contribution in [1.82, 2.24) is 4.90 Å². The van der Waals surface area contributed by atoms with Gasteiger partial charge in [0.1, 0.15) is 0 Å². The first-order chi connectivity index (χ1) is 11.6. The van der Waals surface area contributed by atoms with Crippen LogP contribution in [0.4, 0.5) is 5.69 Å². The molecule has 1 N–H and O–H groups in total. The lowest BCUT2D eigenvalue weighted by atomic mass is 10.2. The number of esters is 1. The Balaban J connectivity index is 0.00000576. The van der Waals surface area contributed by atoms with Crippen molar-refractivity contribution in [3.8, 4) is 0 Å². The van der Waals surface area contributed by atoms with E-state index in [9.17, 15) is 9.59 Å². The molecule has 1 amide bonds. The Labute approximate surface area is 157 Å². The summed E-state index contributed by atoms with van der Waals surface area (Å²) in [7, 11) is 0. The van der Waals surface area contributed by atoms with Gasteiger partial charge in [-0.1, -0.05) is 40.0 Å². The number of ether oxygens (including phenoxy) is 1. The number of anilines is 1. The summed E-state index contributed by atoms with van der Waals surface area (Å²) in [6.07, 6.45) is 4.31. The molecular formula is C19H31ClN2O3. The fraction of sp³-hybridized carbons (Fsp3) is 0.579. The van der Waals surface area contributed by atoms with Gasteiger partial charge in [0.05, 0.1) is 18.7 Å². The minimum atomic E-state index is -0.312. The van der Waals surface area contributed by atoms with Crippen LogP contribution in [0.3, 0.4) is 0 Å². The zero-order valence-corrected chi connectivity index (χ0v) is 16.4. The first kappa shape index (κ1) is 23.4. The summed E-state index contributed by atoms with van der Waals surface area (Å²) >= 11 is 0. The van der Waals surface area contributed by atoms with Crippen LogP contribution in [0.1, 0.15) is 56.8 Å². The maximum atomic E-state index is 11.9. The molecule has 1 rings (SSSR count). The van der Waals surface area contributed by atoms with Gasteiger partial charge in [-0.3, -0.25) is 9.69 Å². The van der Waals surface area contributed by atoms with Gasteiger partial charge in [-0.2, -0.15) is 0 Å². The van der Waals surface area contributed by atoms with Crippen molar-refractivity contribution in [3.63, 3.8) is 0 Å². The van der Waals surface area contributed by atoms with Crippen molar-refractivity contribution >= 4 is 30.0 Å². The zero-order chi connectivity index (χ0) is 17.8. The Morgan fingerprint density at radius 3 is 2.20 bits per heavy atom. The normalized spacial score (nSPS) is 10.2. The molecule has 0 atom stereocenters. The number of carbonyl (C=O) groups excluding carboxylic acids is 2. The average Bonchev–Trinajstić information content (AvgIpc) is 2.60. The Morgan fingerprint density at radius 2 is 1.64 bits per heavy atom. The second kappa shape index (κ2) is 13.7. The van der Waals surface area contributed by atoms with E-state index in [2.05, 4.69) is 12.2 Å². The van der Waals surface area contributed by atoms with Gasteiger partial charge in [0.25, 0.3) is 0 Å². The molecule has 0 unspecified atom stereocenters. The SMILES string of the molecule is CCCCCCOC(=O)c1ccc(NC(=O)CN(CC)CC)cc1.Cl. The molecule has 0 saturated carbocycles. The molecule has 0 spiro atoms. The van der Waals surface area contributed by atoms with Crippen LogP contribution in [-0.4, -0.2) is 43.0 Å². The Bertz CT molecular complexity index is 502. The fourth-order valence-electron chi connectivity index (χ4n) is 2.32. The van der Waals surface area contributed by atoms with E-state index in [-0.39, 0.29) is 24.3 Å². The number of carbonyl (C=O) groups is 2. The monoisotopic (exact) mass is 370 g/mol. The summed E-state index contributed by atoms with van der Waals surface area (Å²) in [6, 6.07) is 6.82. The summed E-state index contributed by atoms with van der Waals surface area (Å²) in [4.78, 5) is 25.9. The van der Waals surface area contributed by atoms with E-state index in [4.69, 9.17) is 4.74 Å². The second-order valence-electron chi connectivity index (χ2n) is 5.78. The summed E-state index contributed by atoms with van der Waals surface area (Å²) in [5.74, 6) is -0.363. The second-order valence-corrected chi connectivity index (χ2v) is 5.78. The molecule has 1 aromatic rings. The molecule has 0 radical (unpaired) electrons. The number of amides is 1. The third-order valence-electron chi connectivity index (χ3n) is 3.90. The summed E-state index contributed by atoms with van der Waals surface area (Å²) in [5, 5.41) is 2.84. The number of halogens is 1. The van der Waals surface area contributed by atoms with Crippen LogP contribution >= 0.6 is 12.4 Å². The number of unbranched alkanes of at least 4 members (excludes halogenated alkanes) is 3. The van der Waals surface area contributed by atoms with E-state index >= 15 is 0 Å². The average molecular weight is 371 g/mol. The topological polar surface area (TPSA) is 58.6 Å². The lowest BCUT2D eigenvalue weighted by Crippen LogP contribution is -2.32. The van der Waals surface area contributed by atoms with Gasteiger partial charge in [-0.25, -0.2) is 4.79 Å². The van der Waals surface area contributed by atoms with Crippen LogP contribution < -0.4 is 5.32 Å². The van der Waals surface area contributed by atoms with Gasteiger partial charge in [-0.15, -0.1) is 12.4 Å². The summed E-state index contributed by atoms with van der Waals surface area (Å²) < 4.78 is 5.24. The quantitative estimate of drug-likeness (QED) is 0.470. The largest absolute Gasteiger partial charge is 0.462 e. The number of benzene rings is 1. The van der Waals surface area contributed by atoms with Crippen molar-refractivity contribution in [2.75, 3.05) is 31.6 Å². The number of hydrogen-bond acceptors (Lipinski definition) is 4. The zero-order valence-electron chi connectivity index (χ0n) is 15.5. The third kappa shape index (κ3) is 9.46. The molecule has 0 bridgehead atoms. The minimum Gasteiger partial charge on any atom is -0.462 e. The Kier molecular flexibility index (Phi) is 12.8. The Morgan fingerprint density at radius 1 is 1.00 bits per heavy atom. The molecule has 5 nitrogen and oxygen atoms in total. The first-order valence-electron chi connectivity index (χ1n) is 8.90.